The molecule has 1 N–H and O–H groups in total. The predicted octanol–water partition coefficient (Wildman–Crippen LogP) is 3.73. The van der Waals surface area contributed by atoms with Crippen LogP contribution < -0.4 is 5.32 Å². The van der Waals surface area contributed by atoms with E-state index >= 15 is 0 Å². The summed E-state index contributed by atoms with van der Waals surface area (Å²) in [6.07, 6.45) is -11.3. The topological polar surface area (TPSA) is 107 Å². The van der Waals surface area contributed by atoms with Gasteiger partial charge in [-0.2, -0.15) is 31.6 Å². The van der Waals surface area contributed by atoms with Crippen molar-refractivity contribution in [3.05, 3.63) is 28.2 Å². The second kappa shape index (κ2) is 8.34. The molecule has 0 radical (unpaired) electrons. The number of alkyl halides is 6. The number of sulfone groups is 1. The van der Waals surface area contributed by atoms with E-state index in [1.54, 1.807) is 0 Å². The summed E-state index contributed by atoms with van der Waals surface area (Å²) in [4.78, 5) is 25.3. The van der Waals surface area contributed by atoms with Gasteiger partial charge in [0.05, 0.1) is 21.8 Å². The van der Waals surface area contributed by atoms with Crippen molar-refractivity contribution in [1.82, 2.24) is 10.2 Å². The van der Waals surface area contributed by atoms with Crippen LogP contribution in [-0.2, 0) is 25.6 Å². The van der Waals surface area contributed by atoms with Gasteiger partial charge in [-0.05, 0) is 50.3 Å². The number of rotatable bonds is 5. The molecule has 1 heterocycles. The first-order valence-corrected chi connectivity index (χ1v) is 13.0. The Morgan fingerprint density at radius 1 is 1.11 bits per heavy atom. The summed E-state index contributed by atoms with van der Waals surface area (Å²) in [6.45, 7) is -0.899. The van der Waals surface area contributed by atoms with Crippen LogP contribution in [0.1, 0.15) is 37.7 Å². The summed E-state index contributed by atoms with van der Waals surface area (Å²) >= 11 is 2.85. The van der Waals surface area contributed by atoms with Gasteiger partial charge < -0.3 is 10.2 Å². The van der Waals surface area contributed by atoms with Gasteiger partial charge in [-0.3, -0.25) is 9.59 Å². The lowest BCUT2D eigenvalue weighted by molar-refractivity contribution is -0.199. The Kier molecular flexibility index (Phi) is 6.19. The summed E-state index contributed by atoms with van der Waals surface area (Å²) in [7, 11) is -4.86. The number of halogens is 7. The fraction of sp³-hybridized carbons (Fsp3) is 0.571. The number of carbonyl (C=O) groups is 2. The number of nitrogens with one attached hydrogen (secondary N) is 1. The van der Waals surface area contributed by atoms with E-state index < -0.39 is 92.5 Å². The molecule has 1 aromatic rings. The number of likely N-dealkylation sites (tertiary alicyclic amines) is 1. The minimum absolute atomic E-state index is 0.0543. The molecule has 1 saturated heterocycles. The zero-order chi connectivity index (χ0) is 26.9. The van der Waals surface area contributed by atoms with Crippen LogP contribution in [-0.4, -0.2) is 54.7 Å². The van der Waals surface area contributed by atoms with Gasteiger partial charge in [0.15, 0.2) is 9.84 Å². The van der Waals surface area contributed by atoms with Gasteiger partial charge in [0.2, 0.25) is 11.8 Å². The number of nitriles is 1. The van der Waals surface area contributed by atoms with Crippen molar-refractivity contribution in [3.8, 4) is 6.07 Å². The molecule has 0 spiro atoms. The van der Waals surface area contributed by atoms with E-state index in [-0.39, 0.29) is 17.3 Å². The van der Waals surface area contributed by atoms with E-state index in [0.717, 1.165) is 12.1 Å². The largest absolute Gasteiger partial charge is 0.417 e. The first-order valence-electron chi connectivity index (χ1n) is 10.7. The van der Waals surface area contributed by atoms with Gasteiger partial charge in [0.25, 0.3) is 0 Å². The standard InChI is InChI=1S/C21H18BrF6N3O4S/c22-11-1-2-15(13(7-11)20(23,24)25)36(34,35)12-8-14(16(32)30-18(10-29)3-4-18)31(9-12)17(33)19(5-6-19)21(26,27)28/h1-2,7,12,14H,3-6,8-9H2,(H,30,32)/t12-,14+/m1/s1. The maximum Gasteiger partial charge on any atom is 0.417 e. The number of amides is 2. The quantitative estimate of drug-likeness (QED) is 0.518. The van der Waals surface area contributed by atoms with Crippen LogP contribution in [0.4, 0.5) is 26.3 Å². The van der Waals surface area contributed by atoms with Crippen LogP contribution in [0.3, 0.4) is 0 Å². The van der Waals surface area contributed by atoms with Crippen LogP contribution in [0.15, 0.2) is 27.6 Å². The molecular weight excluding hydrogens is 584 g/mol. The Balaban J connectivity index is 1.72. The van der Waals surface area contributed by atoms with Crippen molar-refractivity contribution in [1.29, 1.82) is 5.26 Å². The van der Waals surface area contributed by atoms with Gasteiger partial charge in [-0.1, -0.05) is 15.9 Å². The van der Waals surface area contributed by atoms with Gasteiger partial charge in [0, 0.05) is 11.0 Å². The average Bonchev–Trinajstić information content (AvgIpc) is 3.68. The van der Waals surface area contributed by atoms with Crippen LogP contribution in [0.2, 0.25) is 0 Å². The van der Waals surface area contributed by atoms with Crippen LogP contribution >= 0.6 is 15.9 Å². The third-order valence-electron chi connectivity index (χ3n) is 6.85. The molecular formula is C21H18BrF6N3O4S. The summed E-state index contributed by atoms with van der Waals surface area (Å²) in [6, 6.07) is 2.49. The van der Waals surface area contributed by atoms with Gasteiger partial charge in [-0.25, -0.2) is 8.42 Å². The monoisotopic (exact) mass is 601 g/mol. The summed E-state index contributed by atoms with van der Waals surface area (Å²) in [5.41, 5.74) is -5.53. The molecule has 2 atom stereocenters. The molecule has 15 heteroatoms. The Labute approximate surface area is 209 Å². The number of nitrogens with zero attached hydrogens (tertiary/aromatic N) is 2. The number of hydrogen-bond donors (Lipinski definition) is 1. The normalized spacial score (nSPS) is 24.7. The maximum absolute atomic E-state index is 13.6. The molecule has 3 aliphatic rings. The maximum atomic E-state index is 13.6. The third-order valence-corrected chi connectivity index (χ3v) is 9.53. The van der Waals surface area contributed by atoms with E-state index in [9.17, 15) is 49.6 Å². The molecule has 7 nitrogen and oxygen atoms in total. The summed E-state index contributed by atoms with van der Waals surface area (Å²) < 4.78 is 108. The Hall–Kier alpha value is -2.34. The fourth-order valence-corrected chi connectivity index (χ4v) is 6.63. The SMILES string of the molecule is N#CC1(NC(=O)[C@@H]2C[C@@H](S(=O)(=O)c3ccc(Br)cc3C(F)(F)F)CN2C(=O)C2(C(F)(F)F)CC2)CC1. The van der Waals surface area contributed by atoms with Crippen molar-refractivity contribution in [2.45, 2.75) is 66.2 Å². The summed E-state index contributed by atoms with van der Waals surface area (Å²) in [5.74, 6) is -2.52. The molecule has 0 unspecified atom stereocenters. The first kappa shape index (κ1) is 26.7. The van der Waals surface area contributed by atoms with E-state index in [1.165, 1.54) is 0 Å². The molecule has 0 bridgehead atoms. The Morgan fingerprint density at radius 3 is 2.19 bits per heavy atom. The van der Waals surface area contributed by atoms with Crippen molar-refractivity contribution in [2.24, 2.45) is 5.41 Å². The van der Waals surface area contributed by atoms with E-state index in [1.807, 2.05) is 6.07 Å². The molecule has 2 aliphatic carbocycles. The highest BCUT2D eigenvalue weighted by molar-refractivity contribution is 9.10. The minimum Gasteiger partial charge on any atom is -0.336 e. The number of benzene rings is 1. The molecule has 3 fully saturated rings. The van der Waals surface area contributed by atoms with Gasteiger partial charge in [0.1, 0.15) is 17.0 Å². The van der Waals surface area contributed by atoms with Crippen molar-refractivity contribution in [3.63, 3.8) is 0 Å². The minimum atomic E-state index is -5.07. The van der Waals surface area contributed by atoms with Crippen LogP contribution in [0.5, 0.6) is 0 Å². The lowest BCUT2D eigenvalue weighted by atomic mass is 10.0. The second-order valence-corrected chi connectivity index (χ2v) is 12.4. The Bertz CT molecular complexity index is 1270. The summed E-state index contributed by atoms with van der Waals surface area (Å²) in [5, 5.41) is 9.80. The number of carbonyl (C=O) groups excluding carboxylic acids is 2. The zero-order valence-corrected chi connectivity index (χ0v) is 20.6. The molecule has 36 heavy (non-hydrogen) atoms. The smallest absolute Gasteiger partial charge is 0.336 e. The molecule has 196 valence electrons. The van der Waals surface area contributed by atoms with E-state index in [0.29, 0.717) is 11.0 Å². The molecule has 0 aromatic heterocycles. The average molecular weight is 602 g/mol. The lowest BCUT2D eigenvalue weighted by Gasteiger charge is -2.29. The highest BCUT2D eigenvalue weighted by Crippen LogP contribution is 2.59. The predicted molar refractivity (Wildman–Crippen MR) is 114 cm³/mol. The van der Waals surface area contributed by atoms with E-state index in [2.05, 4.69) is 21.2 Å². The molecule has 2 saturated carbocycles. The first-order chi connectivity index (χ1) is 16.5. The van der Waals surface area contributed by atoms with Crippen LogP contribution in [0, 0.1) is 16.7 Å². The lowest BCUT2D eigenvalue weighted by Crippen LogP contribution is -2.53. The van der Waals surface area contributed by atoms with Gasteiger partial charge >= 0.3 is 12.4 Å². The fourth-order valence-electron chi connectivity index (χ4n) is 4.37. The van der Waals surface area contributed by atoms with E-state index in [4.69, 9.17) is 0 Å². The highest BCUT2D eigenvalue weighted by Gasteiger charge is 2.70. The zero-order valence-electron chi connectivity index (χ0n) is 18.2. The number of hydrogen-bond acceptors (Lipinski definition) is 5. The second-order valence-electron chi connectivity index (χ2n) is 9.28. The van der Waals surface area contributed by atoms with Crippen LogP contribution in [0.25, 0.3) is 0 Å². The van der Waals surface area contributed by atoms with Crippen molar-refractivity contribution >= 4 is 37.6 Å². The Morgan fingerprint density at radius 2 is 1.72 bits per heavy atom. The van der Waals surface area contributed by atoms with Gasteiger partial charge in [-0.15, -0.1) is 0 Å². The molecule has 2 amide bonds. The molecule has 1 aromatic carbocycles. The highest BCUT2D eigenvalue weighted by atomic mass is 79.9. The van der Waals surface area contributed by atoms with Crippen molar-refractivity contribution in [2.75, 3.05) is 6.54 Å². The third kappa shape index (κ3) is 4.46. The molecule has 4 rings (SSSR count). The van der Waals surface area contributed by atoms with Crippen molar-refractivity contribution < 1.29 is 44.3 Å². The molecule has 1 aliphatic heterocycles.